The molecule has 1 fully saturated rings. The highest BCUT2D eigenvalue weighted by molar-refractivity contribution is 5.87. The average Bonchev–Trinajstić information content (AvgIpc) is 3.34. The van der Waals surface area contributed by atoms with Gasteiger partial charge in [0.25, 0.3) is 0 Å². The Morgan fingerprint density at radius 3 is 2.75 bits per heavy atom. The first-order valence-corrected chi connectivity index (χ1v) is 7.61. The number of carbonyl (C=O) groups is 1. The van der Waals surface area contributed by atoms with Crippen molar-refractivity contribution in [2.45, 2.75) is 32.2 Å². The maximum Gasteiger partial charge on any atom is 0.416 e. The van der Waals surface area contributed by atoms with Gasteiger partial charge in [-0.1, -0.05) is 12.1 Å². The maximum absolute atomic E-state index is 13.3. The number of rotatable bonds is 7. The molecule has 0 unspecified atom stereocenters. The zero-order valence-corrected chi connectivity index (χ0v) is 13.4. The van der Waals surface area contributed by atoms with Crippen molar-refractivity contribution in [1.82, 2.24) is 0 Å². The molecule has 0 spiro atoms. The third-order valence-electron chi connectivity index (χ3n) is 3.49. The molecule has 132 valence electrons. The Morgan fingerprint density at radius 1 is 1.46 bits per heavy atom. The summed E-state index contributed by atoms with van der Waals surface area (Å²) in [7, 11) is 0. The maximum atomic E-state index is 13.3. The largest absolute Gasteiger partial charge is 0.463 e. The van der Waals surface area contributed by atoms with Gasteiger partial charge in [0.05, 0.1) is 31.5 Å². The minimum atomic E-state index is -4.54. The molecule has 1 saturated heterocycles. The van der Waals surface area contributed by atoms with Crippen LogP contribution >= 0.6 is 0 Å². The summed E-state index contributed by atoms with van der Waals surface area (Å²) in [6.07, 6.45) is -2.98. The number of alkyl halides is 3. The summed E-state index contributed by atoms with van der Waals surface area (Å²) in [5, 5.41) is 0. The summed E-state index contributed by atoms with van der Waals surface area (Å²) >= 11 is 0. The Bertz CT molecular complexity index is 606. The molecule has 7 heteroatoms. The van der Waals surface area contributed by atoms with Gasteiger partial charge in [0.15, 0.2) is 0 Å². The van der Waals surface area contributed by atoms with E-state index < -0.39 is 23.8 Å². The van der Waals surface area contributed by atoms with E-state index in [0.29, 0.717) is 18.8 Å². The standard InChI is InChI=1S/C17H19F3O4/c1-3-22-16(21)8-7-14-13(11(2)23-9-12-10-24-12)5-4-6-15(14)17(18,19)20/h4-8,11-12H,3,9-10H2,1-2H3/t11-,12+/m1/s1. The van der Waals surface area contributed by atoms with Gasteiger partial charge in [-0.15, -0.1) is 0 Å². The minimum absolute atomic E-state index is 0.0109. The van der Waals surface area contributed by atoms with E-state index in [1.807, 2.05) is 0 Å². The van der Waals surface area contributed by atoms with Gasteiger partial charge in [0.1, 0.15) is 6.10 Å². The second kappa shape index (κ2) is 7.81. The lowest BCUT2D eigenvalue weighted by atomic mass is 9.96. The Hall–Kier alpha value is -1.86. The predicted octanol–water partition coefficient (Wildman–Crippen LogP) is 3.76. The molecule has 1 heterocycles. The van der Waals surface area contributed by atoms with Crippen molar-refractivity contribution in [3.63, 3.8) is 0 Å². The Labute approximate surface area is 138 Å². The molecule has 0 aliphatic carbocycles. The van der Waals surface area contributed by atoms with Crippen molar-refractivity contribution in [3.8, 4) is 0 Å². The van der Waals surface area contributed by atoms with Gasteiger partial charge in [-0.25, -0.2) is 4.79 Å². The molecule has 24 heavy (non-hydrogen) atoms. The van der Waals surface area contributed by atoms with Gasteiger partial charge in [-0.3, -0.25) is 0 Å². The molecule has 1 aliphatic rings. The summed E-state index contributed by atoms with van der Waals surface area (Å²) in [6.45, 7) is 4.36. The van der Waals surface area contributed by atoms with Crippen LogP contribution in [0.3, 0.4) is 0 Å². The molecule has 1 aliphatic heterocycles. The lowest BCUT2D eigenvalue weighted by molar-refractivity contribution is -0.138. The Balaban J connectivity index is 2.31. The fourth-order valence-electron chi connectivity index (χ4n) is 2.22. The summed E-state index contributed by atoms with van der Waals surface area (Å²) in [4.78, 5) is 11.4. The molecule has 4 nitrogen and oxygen atoms in total. The zero-order valence-electron chi connectivity index (χ0n) is 13.4. The van der Waals surface area contributed by atoms with Crippen molar-refractivity contribution >= 4 is 12.0 Å². The molecule has 2 rings (SSSR count). The first-order chi connectivity index (χ1) is 11.3. The summed E-state index contributed by atoms with van der Waals surface area (Å²) in [5.41, 5.74) is -0.563. The fourth-order valence-corrected chi connectivity index (χ4v) is 2.22. The molecular formula is C17H19F3O4. The van der Waals surface area contributed by atoms with Crippen LogP contribution in [0.25, 0.3) is 6.08 Å². The number of hydrogen-bond donors (Lipinski definition) is 0. The van der Waals surface area contributed by atoms with Crippen LogP contribution in [-0.4, -0.2) is 31.9 Å². The number of hydrogen-bond acceptors (Lipinski definition) is 4. The molecule has 1 aromatic carbocycles. The monoisotopic (exact) mass is 344 g/mol. The highest BCUT2D eigenvalue weighted by Gasteiger charge is 2.34. The summed E-state index contributed by atoms with van der Waals surface area (Å²) in [5.74, 6) is -0.694. The lowest BCUT2D eigenvalue weighted by Gasteiger charge is -2.19. The van der Waals surface area contributed by atoms with Crippen LogP contribution in [0, 0.1) is 0 Å². The first-order valence-electron chi connectivity index (χ1n) is 7.61. The van der Waals surface area contributed by atoms with Gasteiger partial charge in [-0.2, -0.15) is 13.2 Å². The van der Waals surface area contributed by atoms with Crippen molar-refractivity contribution in [2.24, 2.45) is 0 Å². The smallest absolute Gasteiger partial charge is 0.416 e. The average molecular weight is 344 g/mol. The highest BCUT2D eigenvalue weighted by Crippen LogP contribution is 2.36. The number of halogens is 3. The molecule has 0 bridgehead atoms. The van der Waals surface area contributed by atoms with Crippen LogP contribution < -0.4 is 0 Å². The SMILES string of the molecule is CCOC(=O)C=Cc1c([C@@H](C)OC[C@H]2CO2)cccc1C(F)(F)F. The van der Waals surface area contributed by atoms with E-state index in [4.69, 9.17) is 14.2 Å². The third kappa shape index (κ3) is 5.07. The Morgan fingerprint density at radius 2 is 2.17 bits per heavy atom. The minimum Gasteiger partial charge on any atom is -0.463 e. The first kappa shape index (κ1) is 18.5. The number of epoxide rings is 1. The highest BCUT2D eigenvalue weighted by atomic mass is 19.4. The van der Waals surface area contributed by atoms with Gasteiger partial charge < -0.3 is 14.2 Å². The summed E-state index contributed by atoms with van der Waals surface area (Å²) < 4.78 is 55.2. The topological polar surface area (TPSA) is 48.1 Å². The lowest BCUT2D eigenvalue weighted by Crippen LogP contribution is -2.13. The fraction of sp³-hybridized carbons (Fsp3) is 0.471. The van der Waals surface area contributed by atoms with Crippen molar-refractivity contribution in [3.05, 3.63) is 41.0 Å². The molecule has 1 aromatic rings. The molecule has 2 atom stereocenters. The van der Waals surface area contributed by atoms with E-state index in [2.05, 4.69) is 0 Å². The molecule has 0 aromatic heterocycles. The van der Waals surface area contributed by atoms with E-state index in [-0.39, 0.29) is 18.3 Å². The predicted molar refractivity (Wildman–Crippen MR) is 81.2 cm³/mol. The normalized spacial score (nSPS) is 18.6. The van der Waals surface area contributed by atoms with Crippen molar-refractivity contribution in [2.75, 3.05) is 19.8 Å². The number of ether oxygens (including phenoxy) is 3. The van der Waals surface area contributed by atoms with Crippen LogP contribution in [0.1, 0.15) is 36.6 Å². The van der Waals surface area contributed by atoms with Crippen LogP contribution in [0.2, 0.25) is 0 Å². The second-order valence-electron chi connectivity index (χ2n) is 5.32. The molecule has 0 radical (unpaired) electrons. The Kier molecular flexibility index (Phi) is 6.01. The summed E-state index contributed by atoms with van der Waals surface area (Å²) in [6, 6.07) is 3.86. The van der Waals surface area contributed by atoms with E-state index >= 15 is 0 Å². The van der Waals surface area contributed by atoms with Crippen LogP contribution in [0.4, 0.5) is 13.2 Å². The van der Waals surface area contributed by atoms with E-state index in [0.717, 1.165) is 18.2 Å². The molecular weight excluding hydrogens is 325 g/mol. The van der Waals surface area contributed by atoms with E-state index in [9.17, 15) is 18.0 Å². The molecule has 0 saturated carbocycles. The third-order valence-corrected chi connectivity index (χ3v) is 3.49. The van der Waals surface area contributed by atoms with Gasteiger partial charge in [0.2, 0.25) is 0 Å². The van der Waals surface area contributed by atoms with Crippen LogP contribution in [0.5, 0.6) is 0 Å². The van der Waals surface area contributed by atoms with Crippen molar-refractivity contribution < 1.29 is 32.2 Å². The number of esters is 1. The quantitative estimate of drug-likeness (QED) is 0.429. The zero-order chi connectivity index (χ0) is 17.7. The van der Waals surface area contributed by atoms with Crippen molar-refractivity contribution in [1.29, 1.82) is 0 Å². The van der Waals surface area contributed by atoms with Crippen LogP contribution in [-0.2, 0) is 25.2 Å². The number of carbonyl (C=O) groups excluding carboxylic acids is 1. The second-order valence-corrected chi connectivity index (χ2v) is 5.32. The number of benzene rings is 1. The molecule has 0 amide bonds. The molecule has 0 N–H and O–H groups in total. The van der Waals surface area contributed by atoms with E-state index in [1.54, 1.807) is 19.9 Å². The van der Waals surface area contributed by atoms with E-state index in [1.165, 1.54) is 6.07 Å². The van der Waals surface area contributed by atoms with Gasteiger partial charge in [0, 0.05) is 6.08 Å². The van der Waals surface area contributed by atoms with Gasteiger partial charge in [-0.05, 0) is 37.1 Å². The van der Waals surface area contributed by atoms with Gasteiger partial charge >= 0.3 is 12.1 Å². The van der Waals surface area contributed by atoms with Crippen LogP contribution in [0.15, 0.2) is 24.3 Å².